The smallest absolute Gasteiger partial charge is 0.246 e. The van der Waals surface area contributed by atoms with E-state index in [-0.39, 0.29) is 24.9 Å². The molecule has 1 saturated heterocycles. The molecule has 7 nitrogen and oxygen atoms in total. The van der Waals surface area contributed by atoms with Gasteiger partial charge in [0.1, 0.15) is 12.6 Å². The lowest BCUT2D eigenvalue weighted by Gasteiger charge is -2.31. The first kappa shape index (κ1) is 13.3. The zero-order valence-electron chi connectivity index (χ0n) is 11.2. The molecule has 21 heavy (non-hydrogen) atoms. The number of nitrogens with zero attached hydrogens (tertiary/aromatic N) is 3. The number of carbonyl (C=O) groups is 2. The molecule has 1 unspecified atom stereocenters. The van der Waals surface area contributed by atoms with Crippen LogP contribution in [0.2, 0.25) is 0 Å². The minimum absolute atomic E-state index is 0.0126. The van der Waals surface area contributed by atoms with Gasteiger partial charge in [0.15, 0.2) is 5.82 Å². The Labute approximate surface area is 120 Å². The predicted molar refractivity (Wildman–Crippen MR) is 71.8 cm³/mol. The van der Waals surface area contributed by atoms with E-state index in [0.717, 1.165) is 5.56 Å². The molecule has 0 spiro atoms. The van der Waals surface area contributed by atoms with Crippen molar-refractivity contribution >= 4 is 11.8 Å². The van der Waals surface area contributed by atoms with E-state index in [4.69, 9.17) is 0 Å². The standard InChI is InChI=1S/C14H14N4O3/c19-13-8-18(7-12-15-9-21-17-12)14(20)11(16-13)6-10-4-2-1-3-5-10/h1-5,9,11H,6-8H2,(H,16,19). The van der Waals surface area contributed by atoms with Gasteiger partial charge in [0.25, 0.3) is 0 Å². The average Bonchev–Trinajstić information content (AvgIpc) is 2.98. The predicted octanol–water partition coefficient (Wildman–Crippen LogP) is 0.139. The van der Waals surface area contributed by atoms with E-state index in [0.29, 0.717) is 12.2 Å². The summed E-state index contributed by atoms with van der Waals surface area (Å²) in [5.41, 5.74) is 0.998. The molecule has 2 aromatic rings. The van der Waals surface area contributed by atoms with Crippen molar-refractivity contribution in [1.29, 1.82) is 0 Å². The van der Waals surface area contributed by atoms with Gasteiger partial charge in [-0.2, -0.15) is 4.98 Å². The second-order valence-corrected chi connectivity index (χ2v) is 4.85. The van der Waals surface area contributed by atoms with Crippen LogP contribution in [0.15, 0.2) is 41.2 Å². The zero-order chi connectivity index (χ0) is 14.7. The fourth-order valence-corrected chi connectivity index (χ4v) is 2.33. The highest BCUT2D eigenvalue weighted by molar-refractivity contribution is 5.94. The summed E-state index contributed by atoms with van der Waals surface area (Å²) in [5, 5.41) is 6.40. The van der Waals surface area contributed by atoms with E-state index in [1.165, 1.54) is 11.3 Å². The second-order valence-electron chi connectivity index (χ2n) is 4.85. The summed E-state index contributed by atoms with van der Waals surface area (Å²) < 4.78 is 4.64. The van der Waals surface area contributed by atoms with Crippen LogP contribution in [0.1, 0.15) is 11.4 Å². The Hall–Kier alpha value is -2.70. The molecule has 2 heterocycles. The van der Waals surface area contributed by atoms with Crippen molar-refractivity contribution in [3.05, 3.63) is 48.1 Å². The lowest BCUT2D eigenvalue weighted by atomic mass is 10.0. The molecule has 1 fully saturated rings. The number of benzene rings is 1. The Morgan fingerprint density at radius 2 is 2.10 bits per heavy atom. The maximum absolute atomic E-state index is 12.4. The van der Waals surface area contributed by atoms with Crippen molar-refractivity contribution in [2.24, 2.45) is 0 Å². The third-order valence-electron chi connectivity index (χ3n) is 3.30. The molecular weight excluding hydrogens is 272 g/mol. The Bertz CT molecular complexity index is 627. The minimum atomic E-state index is -0.555. The van der Waals surface area contributed by atoms with E-state index >= 15 is 0 Å². The first-order valence-corrected chi connectivity index (χ1v) is 6.59. The van der Waals surface area contributed by atoms with Crippen LogP contribution in [0, 0.1) is 0 Å². The monoisotopic (exact) mass is 286 g/mol. The largest absolute Gasteiger partial charge is 0.343 e. The lowest BCUT2D eigenvalue weighted by Crippen LogP contribution is -2.58. The van der Waals surface area contributed by atoms with Gasteiger partial charge in [-0.1, -0.05) is 35.5 Å². The molecule has 7 heteroatoms. The van der Waals surface area contributed by atoms with Gasteiger partial charge in [-0.3, -0.25) is 9.59 Å². The van der Waals surface area contributed by atoms with Crippen molar-refractivity contribution in [3.8, 4) is 0 Å². The number of piperazine rings is 1. The summed E-state index contributed by atoms with van der Waals surface area (Å²) in [6.07, 6.45) is 1.67. The van der Waals surface area contributed by atoms with Crippen molar-refractivity contribution in [3.63, 3.8) is 0 Å². The maximum atomic E-state index is 12.4. The van der Waals surface area contributed by atoms with Gasteiger partial charge in [-0.25, -0.2) is 0 Å². The van der Waals surface area contributed by atoms with Crippen molar-refractivity contribution in [2.75, 3.05) is 6.54 Å². The van der Waals surface area contributed by atoms with Crippen LogP contribution in [0.4, 0.5) is 0 Å². The van der Waals surface area contributed by atoms with E-state index in [2.05, 4.69) is 20.0 Å². The van der Waals surface area contributed by atoms with Crippen LogP contribution in [0.3, 0.4) is 0 Å². The van der Waals surface area contributed by atoms with Crippen LogP contribution in [0.25, 0.3) is 0 Å². The molecule has 108 valence electrons. The van der Waals surface area contributed by atoms with Gasteiger partial charge in [-0.15, -0.1) is 0 Å². The maximum Gasteiger partial charge on any atom is 0.246 e. The molecule has 1 atom stereocenters. The summed E-state index contributed by atoms with van der Waals surface area (Å²) in [5.74, 6) is 0.0683. The Balaban J connectivity index is 1.72. The molecule has 0 aliphatic carbocycles. The number of aromatic nitrogens is 2. The molecule has 0 radical (unpaired) electrons. The number of hydrogen-bond donors (Lipinski definition) is 1. The van der Waals surface area contributed by atoms with Gasteiger partial charge in [0.05, 0.1) is 6.54 Å². The van der Waals surface area contributed by atoms with E-state index in [1.807, 2.05) is 30.3 Å². The first-order valence-electron chi connectivity index (χ1n) is 6.59. The van der Waals surface area contributed by atoms with Crippen LogP contribution >= 0.6 is 0 Å². The molecule has 1 N–H and O–H groups in total. The summed E-state index contributed by atoms with van der Waals surface area (Å²) in [6.45, 7) is 0.187. The first-order chi connectivity index (χ1) is 10.2. The second kappa shape index (κ2) is 5.74. The minimum Gasteiger partial charge on any atom is -0.343 e. The van der Waals surface area contributed by atoms with Crippen LogP contribution < -0.4 is 5.32 Å². The molecule has 0 saturated carbocycles. The highest BCUT2D eigenvalue weighted by atomic mass is 16.5. The fraction of sp³-hybridized carbons (Fsp3) is 0.286. The van der Waals surface area contributed by atoms with Crippen LogP contribution in [-0.4, -0.2) is 39.4 Å². The van der Waals surface area contributed by atoms with Gasteiger partial charge >= 0.3 is 0 Å². The molecule has 1 aromatic heterocycles. The van der Waals surface area contributed by atoms with Crippen molar-refractivity contribution < 1.29 is 14.1 Å². The highest BCUT2D eigenvalue weighted by Crippen LogP contribution is 2.11. The summed E-state index contributed by atoms with van der Waals surface area (Å²) in [6, 6.07) is 9.02. The summed E-state index contributed by atoms with van der Waals surface area (Å²) in [7, 11) is 0. The summed E-state index contributed by atoms with van der Waals surface area (Å²) in [4.78, 5) is 29.5. The van der Waals surface area contributed by atoms with Crippen LogP contribution in [-0.2, 0) is 22.6 Å². The van der Waals surface area contributed by atoms with Crippen molar-refractivity contribution in [1.82, 2.24) is 20.4 Å². The number of carbonyl (C=O) groups excluding carboxylic acids is 2. The average molecular weight is 286 g/mol. The normalized spacial score (nSPS) is 18.7. The topological polar surface area (TPSA) is 88.3 Å². The van der Waals surface area contributed by atoms with Crippen molar-refractivity contribution in [2.45, 2.75) is 19.0 Å². The van der Waals surface area contributed by atoms with E-state index in [9.17, 15) is 9.59 Å². The molecule has 2 amide bonds. The number of amides is 2. The fourth-order valence-electron chi connectivity index (χ4n) is 2.33. The van der Waals surface area contributed by atoms with Gasteiger partial charge in [-0.05, 0) is 5.56 Å². The van der Waals surface area contributed by atoms with Gasteiger partial charge in [0.2, 0.25) is 18.2 Å². The molecule has 0 bridgehead atoms. The number of nitrogens with one attached hydrogen (secondary N) is 1. The van der Waals surface area contributed by atoms with Gasteiger partial charge < -0.3 is 14.7 Å². The Morgan fingerprint density at radius 3 is 2.81 bits per heavy atom. The van der Waals surface area contributed by atoms with Crippen LogP contribution in [0.5, 0.6) is 0 Å². The number of rotatable bonds is 4. The Kier molecular flexibility index (Phi) is 3.63. The Morgan fingerprint density at radius 1 is 1.29 bits per heavy atom. The lowest BCUT2D eigenvalue weighted by molar-refractivity contribution is -0.144. The number of hydrogen-bond acceptors (Lipinski definition) is 5. The molecule has 1 aliphatic heterocycles. The summed E-state index contributed by atoms with van der Waals surface area (Å²) >= 11 is 0. The molecule has 1 aliphatic rings. The third-order valence-corrected chi connectivity index (χ3v) is 3.30. The molecular formula is C14H14N4O3. The molecule has 1 aromatic carbocycles. The quantitative estimate of drug-likeness (QED) is 0.863. The zero-order valence-corrected chi connectivity index (χ0v) is 11.2. The van der Waals surface area contributed by atoms with E-state index < -0.39 is 6.04 Å². The SMILES string of the molecule is O=C1CN(Cc2ncon2)C(=O)C(Cc2ccccc2)N1. The molecule has 3 rings (SSSR count). The van der Waals surface area contributed by atoms with E-state index in [1.54, 1.807) is 0 Å². The third kappa shape index (κ3) is 3.07. The highest BCUT2D eigenvalue weighted by Gasteiger charge is 2.33. The van der Waals surface area contributed by atoms with Gasteiger partial charge in [0, 0.05) is 6.42 Å².